The second-order valence-corrected chi connectivity index (χ2v) is 7.12. The standard InChI is InChI=1S/C24H22FNO4/c1-28-21-9-2-16(3-10-21)12-20(26-24(27)18-5-7-19(25)8-6-18)13-17-4-11-22-23(14-17)30-15-29-22/h2-11,14,20H,12-13,15H2,1H3,(H,26,27)/t20-/m1/s1. The molecule has 0 aliphatic carbocycles. The Bertz CT molecular complexity index is 1020. The average Bonchev–Trinajstić information content (AvgIpc) is 3.22. The molecule has 1 atom stereocenters. The van der Waals surface area contributed by atoms with Crippen LogP contribution in [0.5, 0.6) is 17.2 Å². The van der Waals surface area contributed by atoms with Crippen LogP contribution < -0.4 is 19.5 Å². The number of carbonyl (C=O) groups is 1. The SMILES string of the molecule is COc1ccc(C[C@H](Cc2ccc3c(c2)OCO3)NC(=O)c2ccc(F)cc2)cc1. The van der Waals surface area contributed by atoms with Crippen LogP contribution in [0.15, 0.2) is 66.7 Å². The van der Waals surface area contributed by atoms with Crippen LogP contribution in [-0.4, -0.2) is 25.9 Å². The Balaban J connectivity index is 1.53. The lowest BCUT2D eigenvalue weighted by Crippen LogP contribution is -2.38. The molecule has 6 heteroatoms. The predicted octanol–water partition coefficient (Wildman–Crippen LogP) is 4.15. The van der Waals surface area contributed by atoms with Crippen LogP contribution in [0.2, 0.25) is 0 Å². The van der Waals surface area contributed by atoms with E-state index < -0.39 is 0 Å². The van der Waals surface area contributed by atoms with E-state index in [1.807, 2.05) is 42.5 Å². The van der Waals surface area contributed by atoms with Gasteiger partial charge in [-0.05, 0) is 72.5 Å². The summed E-state index contributed by atoms with van der Waals surface area (Å²) >= 11 is 0. The maximum Gasteiger partial charge on any atom is 0.251 e. The van der Waals surface area contributed by atoms with E-state index in [4.69, 9.17) is 14.2 Å². The van der Waals surface area contributed by atoms with Gasteiger partial charge in [-0.1, -0.05) is 18.2 Å². The minimum Gasteiger partial charge on any atom is -0.497 e. The minimum atomic E-state index is -0.373. The third-order valence-electron chi connectivity index (χ3n) is 5.00. The van der Waals surface area contributed by atoms with Crippen molar-refractivity contribution in [3.63, 3.8) is 0 Å². The lowest BCUT2D eigenvalue weighted by molar-refractivity contribution is 0.0936. The smallest absolute Gasteiger partial charge is 0.251 e. The molecule has 1 amide bonds. The fraction of sp³-hybridized carbons (Fsp3) is 0.208. The van der Waals surface area contributed by atoms with Gasteiger partial charge in [-0.2, -0.15) is 0 Å². The average molecular weight is 407 g/mol. The van der Waals surface area contributed by atoms with Crippen LogP contribution in [-0.2, 0) is 12.8 Å². The predicted molar refractivity (Wildman–Crippen MR) is 111 cm³/mol. The Morgan fingerprint density at radius 2 is 1.63 bits per heavy atom. The second-order valence-electron chi connectivity index (χ2n) is 7.12. The number of amides is 1. The van der Waals surface area contributed by atoms with Gasteiger partial charge in [0.2, 0.25) is 6.79 Å². The first-order valence-electron chi connectivity index (χ1n) is 9.68. The van der Waals surface area contributed by atoms with E-state index in [-0.39, 0.29) is 24.6 Å². The van der Waals surface area contributed by atoms with E-state index in [0.717, 1.165) is 22.6 Å². The summed E-state index contributed by atoms with van der Waals surface area (Å²) in [4.78, 5) is 12.7. The first-order valence-corrected chi connectivity index (χ1v) is 9.68. The molecule has 0 bridgehead atoms. The van der Waals surface area contributed by atoms with E-state index in [9.17, 15) is 9.18 Å². The van der Waals surface area contributed by atoms with Crippen LogP contribution in [0.1, 0.15) is 21.5 Å². The molecule has 30 heavy (non-hydrogen) atoms. The van der Waals surface area contributed by atoms with Gasteiger partial charge in [0, 0.05) is 11.6 Å². The number of halogens is 1. The van der Waals surface area contributed by atoms with Crippen molar-refractivity contribution in [2.45, 2.75) is 18.9 Å². The highest BCUT2D eigenvalue weighted by Gasteiger charge is 2.18. The molecule has 3 aromatic carbocycles. The largest absolute Gasteiger partial charge is 0.497 e. The fourth-order valence-corrected chi connectivity index (χ4v) is 3.44. The molecule has 0 saturated heterocycles. The summed E-state index contributed by atoms with van der Waals surface area (Å²) in [5.74, 6) is 1.60. The van der Waals surface area contributed by atoms with Gasteiger partial charge in [-0.3, -0.25) is 4.79 Å². The van der Waals surface area contributed by atoms with Gasteiger partial charge in [0.15, 0.2) is 11.5 Å². The Kier molecular flexibility index (Phi) is 5.84. The highest BCUT2D eigenvalue weighted by Crippen LogP contribution is 2.33. The first-order chi connectivity index (χ1) is 14.6. The molecular weight excluding hydrogens is 385 g/mol. The summed E-state index contributed by atoms with van der Waals surface area (Å²) in [5, 5.41) is 3.08. The number of ether oxygens (including phenoxy) is 3. The molecule has 154 valence electrons. The van der Waals surface area contributed by atoms with Gasteiger partial charge in [-0.15, -0.1) is 0 Å². The van der Waals surface area contributed by atoms with Gasteiger partial charge in [0.25, 0.3) is 5.91 Å². The van der Waals surface area contributed by atoms with E-state index >= 15 is 0 Å². The van der Waals surface area contributed by atoms with Gasteiger partial charge in [0.05, 0.1) is 7.11 Å². The Hall–Kier alpha value is -3.54. The third kappa shape index (κ3) is 4.71. The monoisotopic (exact) mass is 407 g/mol. The number of rotatable bonds is 7. The van der Waals surface area contributed by atoms with Gasteiger partial charge < -0.3 is 19.5 Å². The molecule has 1 aliphatic rings. The van der Waals surface area contributed by atoms with Crippen molar-refractivity contribution in [3.05, 3.63) is 89.2 Å². The fourth-order valence-electron chi connectivity index (χ4n) is 3.44. The maximum atomic E-state index is 13.2. The molecule has 0 spiro atoms. The number of hydrogen-bond donors (Lipinski definition) is 1. The van der Waals surface area contributed by atoms with Crippen molar-refractivity contribution in [3.8, 4) is 17.2 Å². The topological polar surface area (TPSA) is 56.8 Å². The molecule has 1 heterocycles. The van der Waals surface area contributed by atoms with E-state index in [0.29, 0.717) is 24.2 Å². The molecule has 5 nitrogen and oxygen atoms in total. The van der Waals surface area contributed by atoms with Crippen LogP contribution in [0.25, 0.3) is 0 Å². The third-order valence-corrected chi connectivity index (χ3v) is 5.00. The van der Waals surface area contributed by atoms with Crippen molar-refractivity contribution >= 4 is 5.91 Å². The number of benzene rings is 3. The lowest BCUT2D eigenvalue weighted by Gasteiger charge is -2.20. The summed E-state index contributed by atoms with van der Waals surface area (Å²) in [6.07, 6.45) is 1.24. The Labute approximate surface area is 174 Å². The summed E-state index contributed by atoms with van der Waals surface area (Å²) < 4.78 is 29.3. The summed E-state index contributed by atoms with van der Waals surface area (Å²) in [7, 11) is 1.63. The van der Waals surface area contributed by atoms with Gasteiger partial charge in [0.1, 0.15) is 11.6 Å². The zero-order valence-electron chi connectivity index (χ0n) is 16.6. The Morgan fingerprint density at radius 3 is 2.37 bits per heavy atom. The highest BCUT2D eigenvalue weighted by molar-refractivity contribution is 5.94. The van der Waals surface area contributed by atoms with Crippen LogP contribution in [0.3, 0.4) is 0 Å². The molecule has 0 unspecified atom stereocenters. The quantitative estimate of drug-likeness (QED) is 0.639. The number of nitrogens with one attached hydrogen (secondary N) is 1. The first kappa shape index (κ1) is 19.8. The number of carbonyl (C=O) groups excluding carboxylic acids is 1. The molecule has 1 aliphatic heterocycles. The Morgan fingerprint density at radius 1 is 0.967 bits per heavy atom. The number of methoxy groups -OCH3 is 1. The van der Waals surface area contributed by atoms with Crippen LogP contribution in [0, 0.1) is 5.82 Å². The molecule has 0 saturated carbocycles. The summed E-state index contributed by atoms with van der Waals surface area (Å²) in [6.45, 7) is 0.218. The zero-order valence-corrected chi connectivity index (χ0v) is 16.6. The number of fused-ring (bicyclic) bond motifs is 1. The molecule has 0 fully saturated rings. The molecule has 0 aromatic heterocycles. The molecule has 3 aromatic rings. The van der Waals surface area contributed by atoms with Crippen molar-refractivity contribution in [1.29, 1.82) is 0 Å². The molecule has 4 rings (SSSR count). The maximum absolute atomic E-state index is 13.2. The highest BCUT2D eigenvalue weighted by atomic mass is 19.1. The van der Waals surface area contributed by atoms with Gasteiger partial charge in [-0.25, -0.2) is 4.39 Å². The summed E-state index contributed by atoms with van der Waals surface area (Å²) in [6, 6.07) is 18.9. The second kappa shape index (κ2) is 8.86. The zero-order chi connectivity index (χ0) is 20.9. The minimum absolute atomic E-state index is 0.170. The van der Waals surface area contributed by atoms with E-state index in [2.05, 4.69) is 5.32 Å². The van der Waals surface area contributed by atoms with E-state index in [1.54, 1.807) is 7.11 Å². The molecule has 0 radical (unpaired) electrons. The summed E-state index contributed by atoms with van der Waals surface area (Å²) in [5.41, 5.74) is 2.51. The van der Waals surface area contributed by atoms with Crippen molar-refractivity contribution in [2.24, 2.45) is 0 Å². The lowest BCUT2D eigenvalue weighted by atomic mass is 9.98. The number of hydrogen-bond acceptors (Lipinski definition) is 4. The van der Waals surface area contributed by atoms with Crippen molar-refractivity contribution < 1.29 is 23.4 Å². The van der Waals surface area contributed by atoms with Crippen molar-refractivity contribution in [1.82, 2.24) is 5.32 Å². The van der Waals surface area contributed by atoms with Crippen LogP contribution in [0.4, 0.5) is 4.39 Å². The molecular formula is C24H22FNO4. The van der Waals surface area contributed by atoms with Crippen LogP contribution >= 0.6 is 0 Å². The van der Waals surface area contributed by atoms with Crippen molar-refractivity contribution in [2.75, 3.05) is 13.9 Å². The normalized spacial score (nSPS) is 13.0. The van der Waals surface area contributed by atoms with Gasteiger partial charge >= 0.3 is 0 Å². The van der Waals surface area contributed by atoms with E-state index in [1.165, 1.54) is 24.3 Å². The molecule has 1 N–H and O–H groups in total.